The highest BCUT2D eigenvalue weighted by atomic mass is 31.2. The van der Waals surface area contributed by atoms with Crippen LogP contribution in [0.4, 0.5) is 13.2 Å². The summed E-state index contributed by atoms with van der Waals surface area (Å²) in [6.45, 7) is 3.15. The van der Waals surface area contributed by atoms with Gasteiger partial charge in [0.15, 0.2) is 0 Å². The summed E-state index contributed by atoms with van der Waals surface area (Å²) in [6, 6.07) is 3.70. The SMILES string of the molecule is CCCCCCCOc1ccc(-c2cnc([C@@](C)(N)COP(=O)(O)O)[nH]2)cc1C(F)(F)F. The second kappa shape index (κ2) is 10.8. The number of aromatic amines is 1. The first-order chi connectivity index (χ1) is 14.8. The van der Waals surface area contributed by atoms with Crippen molar-refractivity contribution in [1.29, 1.82) is 0 Å². The lowest BCUT2D eigenvalue weighted by molar-refractivity contribution is -0.138. The molecule has 8 nitrogen and oxygen atoms in total. The van der Waals surface area contributed by atoms with Crippen molar-refractivity contribution in [2.75, 3.05) is 13.2 Å². The third kappa shape index (κ3) is 7.90. The van der Waals surface area contributed by atoms with E-state index in [0.717, 1.165) is 31.7 Å². The minimum atomic E-state index is -4.74. The zero-order valence-corrected chi connectivity index (χ0v) is 18.9. The fraction of sp³-hybridized carbons (Fsp3) is 0.550. The van der Waals surface area contributed by atoms with Crippen molar-refractivity contribution in [2.45, 2.75) is 57.7 Å². The number of phosphoric ester groups is 1. The van der Waals surface area contributed by atoms with Gasteiger partial charge in [0, 0.05) is 5.56 Å². The molecule has 0 aliphatic rings. The Morgan fingerprint density at radius 2 is 1.88 bits per heavy atom. The number of benzene rings is 1. The molecule has 0 amide bonds. The molecule has 1 aromatic heterocycles. The third-order valence-corrected chi connectivity index (χ3v) is 5.22. The summed E-state index contributed by atoms with van der Waals surface area (Å²) in [6.07, 6.45) is 1.43. The van der Waals surface area contributed by atoms with Gasteiger partial charge in [-0.25, -0.2) is 9.55 Å². The highest BCUT2D eigenvalue weighted by Gasteiger charge is 2.35. The molecule has 180 valence electrons. The average molecular weight is 479 g/mol. The molecule has 12 heteroatoms. The molecule has 0 aliphatic heterocycles. The molecule has 1 atom stereocenters. The molecule has 0 unspecified atom stereocenters. The Bertz CT molecular complexity index is 927. The summed E-state index contributed by atoms with van der Waals surface area (Å²) in [5.74, 6) is -0.142. The zero-order valence-electron chi connectivity index (χ0n) is 18.0. The van der Waals surface area contributed by atoms with Gasteiger partial charge >= 0.3 is 14.0 Å². The molecule has 2 rings (SSSR count). The molecule has 2 aromatic rings. The summed E-state index contributed by atoms with van der Waals surface area (Å²) in [5, 5.41) is 0. The fourth-order valence-electron chi connectivity index (χ4n) is 2.98. The lowest BCUT2D eigenvalue weighted by atomic mass is 10.1. The number of hydrogen-bond donors (Lipinski definition) is 4. The molecule has 0 saturated carbocycles. The molecule has 0 saturated heterocycles. The molecule has 1 aromatic carbocycles. The van der Waals surface area contributed by atoms with Crippen molar-refractivity contribution in [2.24, 2.45) is 5.73 Å². The number of imidazole rings is 1. The number of rotatable bonds is 12. The topological polar surface area (TPSA) is 131 Å². The van der Waals surface area contributed by atoms with Crippen molar-refractivity contribution in [3.63, 3.8) is 0 Å². The average Bonchev–Trinajstić information content (AvgIpc) is 3.19. The molecule has 1 heterocycles. The second-order valence-electron chi connectivity index (χ2n) is 7.80. The molecule has 5 N–H and O–H groups in total. The Kier molecular flexibility index (Phi) is 8.90. The summed E-state index contributed by atoms with van der Waals surface area (Å²) in [4.78, 5) is 24.5. The van der Waals surface area contributed by atoms with E-state index in [1.54, 1.807) is 0 Å². The van der Waals surface area contributed by atoms with E-state index in [9.17, 15) is 17.7 Å². The molecule has 0 spiro atoms. The number of alkyl halides is 3. The van der Waals surface area contributed by atoms with Crippen molar-refractivity contribution in [1.82, 2.24) is 9.97 Å². The Labute approximate surface area is 184 Å². The van der Waals surface area contributed by atoms with E-state index < -0.39 is 31.7 Å². The Hall–Kier alpha value is -1.91. The summed E-state index contributed by atoms with van der Waals surface area (Å²) >= 11 is 0. The molecule has 0 fully saturated rings. The first-order valence-electron chi connectivity index (χ1n) is 10.2. The van der Waals surface area contributed by atoms with E-state index in [4.69, 9.17) is 20.3 Å². The molecule has 0 bridgehead atoms. The normalized spacial score (nSPS) is 14.4. The first kappa shape index (κ1) is 26.3. The zero-order chi connectivity index (χ0) is 24.0. The monoisotopic (exact) mass is 479 g/mol. The number of aromatic nitrogens is 2. The van der Waals surface area contributed by atoms with Gasteiger partial charge in [-0.15, -0.1) is 0 Å². The van der Waals surface area contributed by atoms with Gasteiger partial charge in [0.2, 0.25) is 0 Å². The van der Waals surface area contributed by atoms with Crippen molar-refractivity contribution < 1.29 is 36.8 Å². The van der Waals surface area contributed by atoms with E-state index in [-0.39, 0.29) is 29.4 Å². The lowest BCUT2D eigenvalue weighted by Crippen LogP contribution is -2.39. The van der Waals surface area contributed by atoms with Crippen LogP contribution in [0.15, 0.2) is 24.4 Å². The highest BCUT2D eigenvalue weighted by molar-refractivity contribution is 7.46. The number of unbranched alkanes of at least 4 members (excludes halogenated alkanes) is 4. The van der Waals surface area contributed by atoms with Gasteiger partial charge in [0.25, 0.3) is 0 Å². The van der Waals surface area contributed by atoms with Crippen molar-refractivity contribution >= 4 is 7.82 Å². The maximum atomic E-state index is 13.6. The van der Waals surface area contributed by atoms with Gasteiger partial charge in [0.05, 0.1) is 36.2 Å². The largest absolute Gasteiger partial charge is 0.493 e. The van der Waals surface area contributed by atoms with E-state index >= 15 is 0 Å². The summed E-state index contributed by atoms with van der Waals surface area (Å²) in [5.41, 5.74) is 4.14. The standard InChI is InChI=1S/C20H29F3N3O5P/c1-3-4-5-6-7-10-30-17-9-8-14(11-15(17)20(21,22)23)16-12-25-18(26-16)19(2,24)13-31-32(27,28)29/h8-9,11-12H,3-7,10,13,24H2,1-2H3,(H,25,26)(H2,27,28,29)/t19-/m0/s1. The van der Waals surface area contributed by atoms with Gasteiger partial charge in [-0.1, -0.05) is 32.6 Å². The lowest BCUT2D eigenvalue weighted by Gasteiger charge is -2.22. The number of nitrogens with zero attached hydrogens (tertiary/aromatic N) is 1. The third-order valence-electron chi connectivity index (χ3n) is 4.75. The maximum Gasteiger partial charge on any atom is 0.469 e. The Morgan fingerprint density at radius 3 is 2.50 bits per heavy atom. The Balaban J connectivity index is 2.18. The van der Waals surface area contributed by atoms with Crippen LogP contribution >= 0.6 is 7.82 Å². The molecule has 0 radical (unpaired) electrons. The van der Waals surface area contributed by atoms with Crippen LogP contribution in [0, 0.1) is 0 Å². The van der Waals surface area contributed by atoms with Gasteiger partial charge in [-0.3, -0.25) is 4.52 Å². The van der Waals surface area contributed by atoms with Gasteiger partial charge < -0.3 is 25.2 Å². The minimum absolute atomic E-state index is 0.0990. The van der Waals surface area contributed by atoms with Crippen LogP contribution in [0.5, 0.6) is 5.75 Å². The molecule has 0 aliphatic carbocycles. The number of nitrogens with two attached hydrogens (primary N) is 1. The molecular weight excluding hydrogens is 450 g/mol. The molecule has 32 heavy (non-hydrogen) atoms. The Morgan fingerprint density at radius 1 is 1.19 bits per heavy atom. The van der Waals surface area contributed by atoms with Crippen LogP contribution < -0.4 is 10.5 Å². The smallest absolute Gasteiger partial charge is 0.469 e. The quantitative estimate of drug-likeness (QED) is 0.256. The van der Waals surface area contributed by atoms with Crippen LogP contribution in [0.25, 0.3) is 11.3 Å². The van der Waals surface area contributed by atoms with Gasteiger partial charge in [-0.2, -0.15) is 13.2 Å². The van der Waals surface area contributed by atoms with Gasteiger partial charge in [-0.05, 0) is 31.5 Å². The fourth-order valence-corrected chi connectivity index (χ4v) is 3.41. The summed E-state index contributed by atoms with van der Waals surface area (Å²) < 4.78 is 61.6. The van der Waals surface area contributed by atoms with E-state index in [1.165, 1.54) is 25.3 Å². The number of phosphoric acid groups is 1. The van der Waals surface area contributed by atoms with E-state index in [2.05, 4.69) is 21.4 Å². The predicted octanol–water partition coefficient (Wildman–Crippen LogP) is 4.73. The summed E-state index contributed by atoms with van der Waals surface area (Å²) in [7, 11) is -4.74. The number of hydrogen-bond acceptors (Lipinski definition) is 5. The number of nitrogens with one attached hydrogen (secondary N) is 1. The minimum Gasteiger partial charge on any atom is -0.493 e. The van der Waals surface area contributed by atoms with E-state index in [1.807, 2.05) is 0 Å². The number of ether oxygens (including phenoxy) is 1. The second-order valence-corrected chi connectivity index (χ2v) is 9.04. The predicted molar refractivity (Wildman–Crippen MR) is 113 cm³/mol. The van der Waals surface area contributed by atoms with E-state index in [0.29, 0.717) is 6.42 Å². The van der Waals surface area contributed by atoms with Crippen molar-refractivity contribution in [3.05, 3.63) is 35.8 Å². The van der Waals surface area contributed by atoms with Crippen molar-refractivity contribution in [3.8, 4) is 17.0 Å². The van der Waals surface area contributed by atoms with Crippen LogP contribution in [0.1, 0.15) is 57.3 Å². The van der Waals surface area contributed by atoms with Crippen LogP contribution in [0.2, 0.25) is 0 Å². The molecular formula is C20H29F3N3O5P. The number of halogens is 3. The van der Waals surface area contributed by atoms with Crippen LogP contribution in [0.3, 0.4) is 0 Å². The van der Waals surface area contributed by atoms with Crippen LogP contribution in [-0.2, 0) is 20.8 Å². The van der Waals surface area contributed by atoms with Crippen LogP contribution in [-0.4, -0.2) is 33.0 Å². The first-order valence-corrected chi connectivity index (χ1v) is 11.8. The van der Waals surface area contributed by atoms with Gasteiger partial charge in [0.1, 0.15) is 11.6 Å². The highest BCUT2D eigenvalue weighted by Crippen LogP contribution is 2.40. The number of H-pyrrole nitrogens is 1. The maximum absolute atomic E-state index is 13.6.